The van der Waals surface area contributed by atoms with Gasteiger partial charge in [-0.15, -0.1) is 0 Å². The van der Waals surface area contributed by atoms with Crippen LogP contribution in [0.3, 0.4) is 0 Å². The molecule has 17 heavy (non-hydrogen) atoms. The van der Waals surface area contributed by atoms with Crippen molar-refractivity contribution in [3.8, 4) is 0 Å². The number of aliphatic carboxylic acids is 1. The van der Waals surface area contributed by atoms with E-state index in [2.05, 4.69) is 13.2 Å². The molecule has 0 saturated heterocycles. The van der Waals surface area contributed by atoms with Gasteiger partial charge in [0.2, 0.25) is 0 Å². The number of carbonyl (C=O) groups excluding carboxylic acids is 1. The Morgan fingerprint density at radius 2 is 1.71 bits per heavy atom. The van der Waals surface area contributed by atoms with E-state index in [9.17, 15) is 9.90 Å². The molecule has 3 heteroatoms. The Bertz CT molecular complexity index is 423. The van der Waals surface area contributed by atoms with Crippen molar-refractivity contribution in [1.29, 1.82) is 0 Å². The monoisotopic (exact) mass is 252 g/mol. The van der Waals surface area contributed by atoms with Gasteiger partial charge in [-0.2, -0.15) is 0 Å². The third kappa shape index (κ3) is 5.15. The second-order valence-electron chi connectivity index (χ2n) is 3.29. The quantitative estimate of drug-likeness (QED) is 0.369. The Hall–Kier alpha value is -0.454. The van der Waals surface area contributed by atoms with Crippen molar-refractivity contribution < 1.29 is 61.3 Å². The van der Waals surface area contributed by atoms with Crippen LogP contribution in [0.25, 0.3) is 0 Å². The first kappa shape index (κ1) is 16.5. The summed E-state index contributed by atoms with van der Waals surface area (Å²) < 4.78 is 0. The van der Waals surface area contributed by atoms with Crippen LogP contribution < -0.4 is 56.5 Å². The second kappa shape index (κ2) is 8.61. The summed E-state index contributed by atoms with van der Waals surface area (Å²) in [5.41, 5.74) is 1.63. The third-order valence-corrected chi connectivity index (χ3v) is 2.26. The van der Waals surface area contributed by atoms with E-state index in [0.717, 1.165) is 5.56 Å². The first-order valence-electron chi connectivity index (χ1n) is 4.92. The molecule has 1 aromatic carbocycles. The van der Waals surface area contributed by atoms with Crippen LogP contribution in [-0.2, 0) is 11.2 Å². The Morgan fingerprint density at radius 1 is 1.18 bits per heavy atom. The molecular weight excluding hydrogens is 239 g/mol. The molecule has 2 nitrogen and oxygen atoms in total. The molecule has 0 aromatic heterocycles. The first-order chi connectivity index (χ1) is 7.69. The van der Waals surface area contributed by atoms with Crippen molar-refractivity contribution in [2.75, 3.05) is 0 Å². The van der Waals surface area contributed by atoms with Gasteiger partial charge in [-0.05, 0) is 23.1 Å². The summed E-state index contributed by atoms with van der Waals surface area (Å²) >= 11 is 0. The normalized spacial score (nSPS) is 8.71. The van der Waals surface area contributed by atoms with Gasteiger partial charge >= 0.3 is 51.4 Å². The minimum atomic E-state index is -1.18. The van der Waals surface area contributed by atoms with Gasteiger partial charge in [0.05, 0.1) is 5.97 Å². The number of carboxylic acid groups (broad SMARTS) is 1. The molecule has 0 amide bonds. The molecule has 0 fully saturated rings. The SMILES string of the molecule is C=CC(C=C)=C(Cc1ccccc1)C(=O)[O-].[K+]. The molecule has 0 N–H and O–H groups in total. The summed E-state index contributed by atoms with van der Waals surface area (Å²) in [6.07, 6.45) is 3.26. The largest absolute Gasteiger partial charge is 1.00 e. The molecular formula is C14H13KO2. The molecule has 0 aliphatic rings. The Kier molecular flexibility index (Phi) is 8.38. The molecule has 0 saturated carbocycles. The van der Waals surface area contributed by atoms with Crippen molar-refractivity contribution >= 4 is 5.97 Å². The minimum absolute atomic E-state index is 0. The average Bonchev–Trinajstić information content (AvgIpc) is 2.30. The molecule has 0 aliphatic carbocycles. The van der Waals surface area contributed by atoms with Crippen LogP contribution in [0.15, 0.2) is 66.8 Å². The zero-order chi connectivity index (χ0) is 12.0. The van der Waals surface area contributed by atoms with Crippen LogP contribution in [0.2, 0.25) is 0 Å². The van der Waals surface area contributed by atoms with E-state index in [1.807, 2.05) is 30.3 Å². The van der Waals surface area contributed by atoms with Gasteiger partial charge in [-0.3, -0.25) is 0 Å². The molecule has 0 heterocycles. The second-order valence-corrected chi connectivity index (χ2v) is 3.29. The number of hydrogen-bond acceptors (Lipinski definition) is 2. The van der Waals surface area contributed by atoms with Gasteiger partial charge in [-0.25, -0.2) is 0 Å². The minimum Gasteiger partial charge on any atom is -0.545 e. The number of allylic oxidation sites excluding steroid dienone is 3. The number of carbonyl (C=O) groups is 1. The standard InChI is InChI=1S/C14H14O2.K/c1-3-12(4-2)13(14(15)16)10-11-8-6-5-7-9-11;/h3-9H,1-2,10H2,(H,15,16);/q;+1/p-1. The van der Waals surface area contributed by atoms with Crippen LogP contribution in [0.5, 0.6) is 0 Å². The molecule has 0 bridgehead atoms. The van der Waals surface area contributed by atoms with E-state index in [4.69, 9.17) is 0 Å². The Balaban J connectivity index is 0.00000256. The maximum atomic E-state index is 11.0. The zero-order valence-electron chi connectivity index (χ0n) is 9.98. The van der Waals surface area contributed by atoms with Crippen LogP contribution in [0.4, 0.5) is 0 Å². The van der Waals surface area contributed by atoms with Crippen molar-refractivity contribution in [3.63, 3.8) is 0 Å². The third-order valence-electron chi connectivity index (χ3n) is 2.26. The number of rotatable bonds is 5. The fourth-order valence-electron chi connectivity index (χ4n) is 1.42. The van der Waals surface area contributed by atoms with Crippen LogP contribution >= 0.6 is 0 Å². The average molecular weight is 252 g/mol. The van der Waals surface area contributed by atoms with Gasteiger partial charge in [0.1, 0.15) is 0 Å². The molecule has 0 unspecified atom stereocenters. The van der Waals surface area contributed by atoms with E-state index < -0.39 is 5.97 Å². The van der Waals surface area contributed by atoms with Crippen LogP contribution in [0, 0.1) is 0 Å². The molecule has 0 radical (unpaired) electrons. The van der Waals surface area contributed by atoms with Gasteiger partial charge < -0.3 is 9.90 Å². The van der Waals surface area contributed by atoms with Gasteiger partial charge in [-0.1, -0.05) is 55.6 Å². The van der Waals surface area contributed by atoms with E-state index in [1.54, 1.807) is 0 Å². The van der Waals surface area contributed by atoms with E-state index in [0.29, 0.717) is 12.0 Å². The molecule has 0 aliphatic heterocycles. The maximum Gasteiger partial charge on any atom is 1.00 e. The van der Waals surface area contributed by atoms with Gasteiger partial charge in [0.25, 0.3) is 0 Å². The smallest absolute Gasteiger partial charge is 0.545 e. The first-order valence-corrected chi connectivity index (χ1v) is 4.92. The van der Waals surface area contributed by atoms with E-state index in [1.165, 1.54) is 12.2 Å². The molecule has 1 rings (SSSR count). The molecule has 1 aromatic rings. The molecule has 0 spiro atoms. The fraction of sp³-hybridized carbons (Fsp3) is 0.0714. The van der Waals surface area contributed by atoms with Crippen molar-refractivity contribution in [1.82, 2.24) is 0 Å². The van der Waals surface area contributed by atoms with Crippen LogP contribution in [0.1, 0.15) is 5.56 Å². The predicted octanol–water partition coefficient (Wildman–Crippen LogP) is -1.35. The predicted molar refractivity (Wildman–Crippen MR) is 62.6 cm³/mol. The Morgan fingerprint density at radius 3 is 2.12 bits per heavy atom. The van der Waals surface area contributed by atoms with Crippen molar-refractivity contribution in [2.24, 2.45) is 0 Å². The number of benzene rings is 1. The summed E-state index contributed by atoms with van der Waals surface area (Å²) in [6, 6.07) is 9.35. The maximum absolute atomic E-state index is 11.0. The van der Waals surface area contributed by atoms with Crippen molar-refractivity contribution in [3.05, 3.63) is 72.4 Å². The topological polar surface area (TPSA) is 40.1 Å². The van der Waals surface area contributed by atoms with Gasteiger partial charge in [0.15, 0.2) is 0 Å². The zero-order valence-corrected chi connectivity index (χ0v) is 13.1. The van der Waals surface area contributed by atoms with Crippen molar-refractivity contribution in [2.45, 2.75) is 6.42 Å². The van der Waals surface area contributed by atoms with Gasteiger partial charge in [0, 0.05) is 0 Å². The number of carboxylic acids is 1. The molecule has 82 valence electrons. The summed E-state index contributed by atoms with van der Waals surface area (Å²) in [4.78, 5) is 11.0. The number of hydrogen-bond donors (Lipinski definition) is 0. The fourth-order valence-corrected chi connectivity index (χ4v) is 1.42. The summed E-state index contributed by atoms with van der Waals surface area (Å²) in [6.45, 7) is 7.11. The van der Waals surface area contributed by atoms with E-state index in [-0.39, 0.29) is 57.0 Å². The summed E-state index contributed by atoms with van der Waals surface area (Å²) in [7, 11) is 0. The summed E-state index contributed by atoms with van der Waals surface area (Å²) in [5, 5.41) is 11.0. The Labute approximate surface area is 144 Å². The summed E-state index contributed by atoms with van der Waals surface area (Å²) in [5.74, 6) is -1.18. The van der Waals surface area contributed by atoms with E-state index >= 15 is 0 Å². The molecule has 0 atom stereocenters. The van der Waals surface area contributed by atoms with Crippen LogP contribution in [-0.4, -0.2) is 5.97 Å².